The maximum Gasteiger partial charge on any atom is 0.300 e. The summed E-state index contributed by atoms with van der Waals surface area (Å²) in [5.74, 6) is 0.184. The standard InChI is InChI=1S/C9H14ClN3O2S/c1-9(2,3)13-16(14,15)12-8-6-4-5-7(10)11-8/h4-6,13H,1-3H3,(H,11,12). The Labute approximate surface area is 100 Å². The van der Waals surface area contributed by atoms with Crippen LogP contribution in [-0.4, -0.2) is 18.9 Å². The first-order chi connectivity index (χ1) is 7.18. The van der Waals surface area contributed by atoms with Gasteiger partial charge in [-0.1, -0.05) is 17.7 Å². The summed E-state index contributed by atoms with van der Waals surface area (Å²) in [6, 6.07) is 4.70. The third-order valence-electron chi connectivity index (χ3n) is 1.39. The van der Waals surface area contributed by atoms with E-state index in [1.165, 1.54) is 6.07 Å². The maximum absolute atomic E-state index is 11.6. The molecule has 7 heteroatoms. The molecular formula is C9H14ClN3O2S. The zero-order valence-corrected chi connectivity index (χ0v) is 10.9. The van der Waals surface area contributed by atoms with E-state index in [2.05, 4.69) is 14.4 Å². The smallest absolute Gasteiger partial charge is 0.255 e. The molecule has 0 aromatic carbocycles. The van der Waals surface area contributed by atoms with Gasteiger partial charge < -0.3 is 0 Å². The number of aromatic nitrogens is 1. The lowest BCUT2D eigenvalue weighted by molar-refractivity contribution is 0.494. The first kappa shape index (κ1) is 13.2. The molecule has 0 amide bonds. The summed E-state index contributed by atoms with van der Waals surface area (Å²) in [7, 11) is -3.63. The van der Waals surface area contributed by atoms with Crippen LogP contribution in [0.2, 0.25) is 5.15 Å². The Kier molecular flexibility index (Phi) is 3.77. The summed E-state index contributed by atoms with van der Waals surface area (Å²) in [4.78, 5) is 3.82. The maximum atomic E-state index is 11.6. The molecule has 1 aromatic rings. The highest BCUT2D eigenvalue weighted by molar-refractivity contribution is 7.90. The summed E-state index contributed by atoms with van der Waals surface area (Å²) >= 11 is 5.64. The van der Waals surface area contributed by atoms with Gasteiger partial charge in [0.05, 0.1) is 0 Å². The lowest BCUT2D eigenvalue weighted by Crippen LogP contribution is -2.43. The second-order valence-corrected chi connectivity index (χ2v) is 6.11. The number of nitrogens with one attached hydrogen (secondary N) is 2. The Bertz CT molecular complexity index is 468. The molecule has 0 aliphatic carbocycles. The molecule has 0 fully saturated rings. The fourth-order valence-corrected chi connectivity index (χ4v) is 2.44. The number of anilines is 1. The van der Waals surface area contributed by atoms with E-state index in [0.29, 0.717) is 0 Å². The van der Waals surface area contributed by atoms with Crippen molar-refractivity contribution in [3.63, 3.8) is 0 Å². The highest BCUT2D eigenvalue weighted by Gasteiger charge is 2.19. The quantitative estimate of drug-likeness (QED) is 0.817. The third-order valence-corrected chi connectivity index (χ3v) is 2.96. The molecule has 0 aliphatic rings. The van der Waals surface area contributed by atoms with E-state index in [9.17, 15) is 8.42 Å². The number of halogens is 1. The van der Waals surface area contributed by atoms with Gasteiger partial charge in [0.15, 0.2) is 0 Å². The van der Waals surface area contributed by atoms with Gasteiger partial charge in [0.25, 0.3) is 0 Å². The lowest BCUT2D eigenvalue weighted by atomic mass is 10.1. The van der Waals surface area contributed by atoms with Crippen molar-refractivity contribution in [3.05, 3.63) is 23.4 Å². The van der Waals surface area contributed by atoms with E-state index in [4.69, 9.17) is 11.6 Å². The Hall–Kier alpha value is -0.850. The monoisotopic (exact) mass is 263 g/mol. The summed E-state index contributed by atoms with van der Waals surface area (Å²) in [5.41, 5.74) is -0.551. The van der Waals surface area contributed by atoms with Crippen LogP contribution in [0.1, 0.15) is 20.8 Å². The minimum atomic E-state index is -3.63. The second kappa shape index (κ2) is 4.57. The van der Waals surface area contributed by atoms with Crippen molar-refractivity contribution in [2.75, 3.05) is 4.72 Å². The Morgan fingerprint density at radius 2 is 1.94 bits per heavy atom. The van der Waals surface area contributed by atoms with E-state index in [1.807, 2.05) is 0 Å². The first-order valence-corrected chi connectivity index (χ1v) is 6.48. The van der Waals surface area contributed by atoms with Gasteiger partial charge in [0.1, 0.15) is 11.0 Å². The molecule has 0 atom stereocenters. The average Bonchev–Trinajstić information content (AvgIpc) is 1.96. The van der Waals surface area contributed by atoms with E-state index in [-0.39, 0.29) is 11.0 Å². The van der Waals surface area contributed by atoms with E-state index in [1.54, 1.807) is 32.9 Å². The average molecular weight is 264 g/mol. The van der Waals surface area contributed by atoms with Gasteiger partial charge in [0.2, 0.25) is 0 Å². The molecule has 2 N–H and O–H groups in total. The molecule has 1 heterocycles. The van der Waals surface area contributed by atoms with E-state index < -0.39 is 15.7 Å². The molecule has 0 bridgehead atoms. The number of hydrogen-bond donors (Lipinski definition) is 2. The zero-order chi connectivity index (χ0) is 12.4. The number of hydrogen-bond acceptors (Lipinski definition) is 3. The minimum absolute atomic E-state index is 0.184. The molecule has 0 radical (unpaired) electrons. The van der Waals surface area contributed by atoms with Crippen LogP contribution in [0, 0.1) is 0 Å². The first-order valence-electron chi connectivity index (χ1n) is 4.62. The third kappa shape index (κ3) is 4.78. The normalized spacial score (nSPS) is 12.5. The van der Waals surface area contributed by atoms with Gasteiger partial charge in [-0.15, -0.1) is 0 Å². The van der Waals surface area contributed by atoms with Crippen LogP contribution in [0.4, 0.5) is 5.82 Å². The highest BCUT2D eigenvalue weighted by atomic mass is 35.5. The van der Waals surface area contributed by atoms with Crippen molar-refractivity contribution in [1.29, 1.82) is 0 Å². The Morgan fingerprint density at radius 1 is 1.31 bits per heavy atom. The number of nitrogens with zero attached hydrogens (tertiary/aromatic N) is 1. The molecule has 1 aromatic heterocycles. The SMILES string of the molecule is CC(C)(C)NS(=O)(=O)Nc1cccc(Cl)n1. The fourth-order valence-electron chi connectivity index (χ4n) is 1.03. The summed E-state index contributed by atoms with van der Waals surface area (Å²) in [6.45, 7) is 5.24. The number of rotatable bonds is 3. The van der Waals surface area contributed by atoms with Gasteiger partial charge in [-0.05, 0) is 32.9 Å². The molecule has 0 spiro atoms. The Balaban J connectivity index is 2.81. The number of pyridine rings is 1. The van der Waals surface area contributed by atoms with Crippen molar-refractivity contribution in [3.8, 4) is 0 Å². The molecule has 0 aliphatic heterocycles. The van der Waals surface area contributed by atoms with Crippen molar-refractivity contribution in [2.45, 2.75) is 26.3 Å². The van der Waals surface area contributed by atoms with Crippen LogP contribution >= 0.6 is 11.6 Å². The van der Waals surface area contributed by atoms with Crippen molar-refractivity contribution >= 4 is 27.6 Å². The summed E-state index contributed by atoms with van der Waals surface area (Å²) in [6.07, 6.45) is 0. The topological polar surface area (TPSA) is 71.1 Å². The molecule has 0 saturated carbocycles. The summed E-state index contributed by atoms with van der Waals surface area (Å²) in [5, 5.41) is 0.232. The molecule has 0 saturated heterocycles. The van der Waals surface area contributed by atoms with Gasteiger partial charge in [0, 0.05) is 5.54 Å². The molecule has 1 rings (SSSR count). The largest absolute Gasteiger partial charge is 0.300 e. The van der Waals surface area contributed by atoms with Crippen LogP contribution in [0.5, 0.6) is 0 Å². The lowest BCUT2D eigenvalue weighted by Gasteiger charge is -2.20. The summed E-state index contributed by atoms with van der Waals surface area (Å²) < 4.78 is 28.0. The Morgan fingerprint density at radius 3 is 2.44 bits per heavy atom. The van der Waals surface area contributed by atoms with Crippen molar-refractivity contribution in [1.82, 2.24) is 9.71 Å². The van der Waals surface area contributed by atoms with Gasteiger partial charge in [-0.2, -0.15) is 13.1 Å². The predicted octanol–water partition coefficient (Wildman–Crippen LogP) is 1.78. The zero-order valence-electron chi connectivity index (χ0n) is 9.28. The van der Waals surface area contributed by atoms with Crippen molar-refractivity contribution < 1.29 is 8.42 Å². The molecule has 0 unspecified atom stereocenters. The minimum Gasteiger partial charge on any atom is -0.255 e. The van der Waals surface area contributed by atoms with Crippen LogP contribution in [0.15, 0.2) is 18.2 Å². The van der Waals surface area contributed by atoms with Crippen LogP contribution in [-0.2, 0) is 10.2 Å². The molecule has 90 valence electrons. The van der Waals surface area contributed by atoms with E-state index >= 15 is 0 Å². The van der Waals surface area contributed by atoms with E-state index in [0.717, 1.165) is 0 Å². The van der Waals surface area contributed by atoms with Crippen molar-refractivity contribution in [2.24, 2.45) is 0 Å². The highest BCUT2D eigenvalue weighted by Crippen LogP contribution is 2.11. The van der Waals surface area contributed by atoms with Crippen LogP contribution in [0.3, 0.4) is 0 Å². The van der Waals surface area contributed by atoms with Gasteiger partial charge >= 0.3 is 10.2 Å². The molecule has 5 nitrogen and oxygen atoms in total. The predicted molar refractivity (Wildman–Crippen MR) is 64.7 cm³/mol. The van der Waals surface area contributed by atoms with Crippen LogP contribution in [0.25, 0.3) is 0 Å². The van der Waals surface area contributed by atoms with Gasteiger partial charge in [-0.3, -0.25) is 4.72 Å². The van der Waals surface area contributed by atoms with Crippen LogP contribution < -0.4 is 9.44 Å². The fraction of sp³-hybridized carbons (Fsp3) is 0.444. The molecular weight excluding hydrogens is 250 g/mol. The second-order valence-electron chi connectivity index (χ2n) is 4.30. The molecule has 16 heavy (non-hydrogen) atoms. The van der Waals surface area contributed by atoms with Gasteiger partial charge in [-0.25, -0.2) is 4.98 Å².